The molecule has 0 aromatic heterocycles. The molecule has 24 heavy (non-hydrogen) atoms. The van der Waals surface area contributed by atoms with Crippen molar-refractivity contribution in [2.75, 3.05) is 18.5 Å². The molecule has 0 heterocycles. The molecule has 0 aliphatic rings. The highest BCUT2D eigenvalue weighted by Crippen LogP contribution is 2.22. The second kappa shape index (κ2) is 8.24. The highest BCUT2D eigenvalue weighted by Gasteiger charge is 2.05. The van der Waals surface area contributed by atoms with Gasteiger partial charge in [-0.05, 0) is 62.1 Å². The quantitative estimate of drug-likeness (QED) is 0.556. The largest absolute Gasteiger partial charge is 0.508 e. The van der Waals surface area contributed by atoms with Gasteiger partial charge in [-0.25, -0.2) is 4.79 Å². The molecule has 128 valence electrons. The molecule has 0 unspecified atom stereocenters. The number of phenols is 1. The van der Waals surface area contributed by atoms with Crippen LogP contribution in [0.15, 0.2) is 36.4 Å². The molecule has 5 nitrogen and oxygen atoms in total. The molecule has 0 fully saturated rings. The number of urea groups is 1. The lowest BCUT2D eigenvalue weighted by Crippen LogP contribution is -2.30. The van der Waals surface area contributed by atoms with Crippen LogP contribution in [0.5, 0.6) is 11.5 Å². The fourth-order valence-electron chi connectivity index (χ4n) is 2.43. The highest BCUT2D eigenvalue weighted by molar-refractivity contribution is 5.90. The Balaban J connectivity index is 1.71. The van der Waals surface area contributed by atoms with Crippen molar-refractivity contribution in [3.8, 4) is 11.5 Å². The summed E-state index contributed by atoms with van der Waals surface area (Å²) in [6.07, 6.45) is 0.718. The van der Waals surface area contributed by atoms with E-state index in [4.69, 9.17) is 4.74 Å². The van der Waals surface area contributed by atoms with Gasteiger partial charge in [0.1, 0.15) is 11.5 Å². The van der Waals surface area contributed by atoms with Gasteiger partial charge >= 0.3 is 6.03 Å². The standard InChI is InChI=1S/C19H24N2O3/c1-13-6-4-7-14(2)18(13)24-11-5-10-20-19(23)21-17-9-8-16(22)12-15(17)3/h4,6-9,12,22H,5,10-11H2,1-3H3,(H2,20,21,23). The van der Waals surface area contributed by atoms with Crippen molar-refractivity contribution in [1.82, 2.24) is 5.32 Å². The van der Waals surface area contributed by atoms with Crippen molar-refractivity contribution in [2.24, 2.45) is 0 Å². The van der Waals surface area contributed by atoms with Gasteiger partial charge in [0.05, 0.1) is 6.61 Å². The number of phenolic OH excluding ortho intramolecular Hbond substituents is 1. The maximum Gasteiger partial charge on any atom is 0.319 e. The zero-order valence-electron chi connectivity index (χ0n) is 14.3. The second-order valence-corrected chi connectivity index (χ2v) is 5.80. The van der Waals surface area contributed by atoms with E-state index >= 15 is 0 Å². The van der Waals surface area contributed by atoms with Crippen LogP contribution in [0.25, 0.3) is 0 Å². The molecule has 0 radical (unpaired) electrons. The van der Waals surface area contributed by atoms with Crippen LogP contribution < -0.4 is 15.4 Å². The van der Waals surface area contributed by atoms with Crippen molar-refractivity contribution < 1.29 is 14.6 Å². The number of aromatic hydroxyl groups is 1. The van der Waals surface area contributed by atoms with Crippen LogP contribution in [0.4, 0.5) is 10.5 Å². The monoisotopic (exact) mass is 328 g/mol. The van der Waals surface area contributed by atoms with Gasteiger partial charge in [0.15, 0.2) is 0 Å². The molecular formula is C19H24N2O3. The Morgan fingerprint density at radius 1 is 1.08 bits per heavy atom. The Morgan fingerprint density at radius 2 is 1.79 bits per heavy atom. The van der Waals surface area contributed by atoms with E-state index in [-0.39, 0.29) is 11.8 Å². The molecule has 2 aromatic rings. The van der Waals surface area contributed by atoms with Crippen molar-refractivity contribution in [2.45, 2.75) is 27.2 Å². The van der Waals surface area contributed by atoms with Crippen molar-refractivity contribution in [3.63, 3.8) is 0 Å². The second-order valence-electron chi connectivity index (χ2n) is 5.80. The minimum absolute atomic E-state index is 0.183. The van der Waals surface area contributed by atoms with Crippen molar-refractivity contribution in [1.29, 1.82) is 0 Å². The van der Waals surface area contributed by atoms with E-state index in [1.807, 2.05) is 39.0 Å². The van der Waals surface area contributed by atoms with E-state index in [1.165, 1.54) is 0 Å². The van der Waals surface area contributed by atoms with Gasteiger partial charge in [-0.2, -0.15) is 0 Å². The molecule has 3 N–H and O–H groups in total. The fourth-order valence-corrected chi connectivity index (χ4v) is 2.43. The summed E-state index contributed by atoms with van der Waals surface area (Å²) in [6.45, 7) is 6.94. The van der Waals surface area contributed by atoms with Crippen LogP contribution in [0.1, 0.15) is 23.1 Å². The van der Waals surface area contributed by atoms with Gasteiger partial charge in [-0.3, -0.25) is 0 Å². The fraction of sp³-hybridized carbons (Fsp3) is 0.316. The van der Waals surface area contributed by atoms with Crippen molar-refractivity contribution in [3.05, 3.63) is 53.1 Å². The van der Waals surface area contributed by atoms with Crippen LogP contribution >= 0.6 is 0 Å². The highest BCUT2D eigenvalue weighted by atomic mass is 16.5. The number of aryl methyl sites for hydroxylation is 3. The van der Waals surface area contributed by atoms with Crippen LogP contribution in [0.2, 0.25) is 0 Å². The number of ether oxygens (including phenoxy) is 1. The molecule has 0 atom stereocenters. The first-order valence-electron chi connectivity index (χ1n) is 8.01. The lowest BCUT2D eigenvalue weighted by Gasteiger charge is -2.13. The zero-order chi connectivity index (χ0) is 17.5. The molecule has 0 saturated carbocycles. The smallest absolute Gasteiger partial charge is 0.319 e. The summed E-state index contributed by atoms with van der Waals surface area (Å²) in [5.41, 5.74) is 3.72. The Hall–Kier alpha value is -2.69. The molecule has 0 aliphatic heterocycles. The van der Waals surface area contributed by atoms with E-state index < -0.39 is 0 Å². The molecule has 0 saturated heterocycles. The lowest BCUT2D eigenvalue weighted by atomic mass is 10.1. The van der Waals surface area contributed by atoms with Gasteiger partial charge < -0.3 is 20.5 Å². The van der Waals surface area contributed by atoms with Gasteiger partial charge in [0, 0.05) is 12.2 Å². The van der Waals surface area contributed by atoms with Crippen molar-refractivity contribution >= 4 is 11.7 Å². The first-order valence-corrected chi connectivity index (χ1v) is 8.01. The molecule has 0 spiro atoms. The van der Waals surface area contributed by atoms with E-state index in [1.54, 1.807) is 18.2 Å². The number of amides is 2. The first kappa shape index (κ1) is 17.7. The van der Waals surface area contributed by atoms with Crippen LogP contribution in [0.3, 0.4) is 0 Å². The van der Waals surface area contributed by atoms with Gasteiger partial charge in [0.25, 0.3) is 0 Å². The number of nitrogens with one attached hydrogen (secondary N) is 2. The average molecular weight is 328 g/mol. The van der Waals surface area contributed by atoms with Gasteiger partial charge in [-0.1, -0.05) is 18.2 Å². The Bertz CT molecular complexity index is 694. The molecule has 5 heteroatoms. The normalized spacial score (nSPS) is 10.3. The summed E-state index contributed by atoms with van der Waals surface area (Å²) >= 11 is 0. The minimum Gasteiger partial charge on any atom is -0.508 e. The zero-order valence-corrected chi connectivity index (χ0v) is 14.3. The summed E-state index contributed by atoms with van der Waals surface area (Å²) in [6, 6.07) is 10.6. The van der Waals surface area contributed by atoms with E-state index in [9.17, 15) is 9.90 Å². The molecule has 0 bridgehead atoms. The Labute approximate surface area is 142 Å². The minimum atomic E-state index is -0.268. The van der Waals surface area contributed by atoms with Crippen LogP contribution in [0, 0.1) is 20.8 Å². The summed E-state index contributed by atoms with van der Waals surface area (Å²) in [5.74, 6) is 1.10. The maximum absolute atomic E-state index is 11.9. The third-order valence-corrected chi connectivity index (χ3v) is 3.72. The topological polar surface area (TPSA) is 70.6 Å². The summed E-state index contributed by atoms with van der Waals surface area (Å²) < 4.78 is 5.80. The van der Waals surface area contributed by atoms with Crippen LogP contribution in [-0.2, 0) is 0 Å². The van der Waals surface area contributed by atoms with Gasteiger partial charge in [0.2, 0.25) is 0 Å². The first-order chi connectivity index (χ1) is 11.5. The maximum atomic E-state index is 11.9. The third kappa shape index (κ3) is 4.91. The third-order valence-electron chi connectivity index (χ3n) is 3.72. The molecule has 0 aliphatic carbocycles. The summed E-state index contributed by atoms with van der Waals surface area (Å²) in [5, 5.41) is 14.9. The number of para-hydroxylation sites is 1. The number of carbonyl (C=O) groups excluding carboxylic acids is 1. The van der Waals surface area contributed by atoms with E-state index in [0.29, 0.717) is 18.8 Å². The number of benzene rings is 2. The molecule has 2 rings (SSSR count). The Kier molecular flexibility index (Phi) is 6.07. The predicted molar refractivity (Wildman–Crippen MR) is 95.9 cm³/mol. The molecule has 2 amide bonds. The number of hydrogen-bond donors (Lipinski definition) is 3. The predicted octanol–water partition coefficient (Wildman–Crippen LogP) is 3.91. The van der Waals surface area contributed by atoms with Gasteiger partial charge in [-0.15, -0.1) is 0 Å². The number of carbonyl (C=O) groups is 1. The summed E-state index contributed by atoms with van der Waals surface area (Å²) in [4.78, 5) is 11.9. The molecular weight excluding hydrogens is 304 g/mol. The molecule has 2 aromatic carbocycles. The van der Waals surface area contributed by atoms with E-state index in [0.717, 1.165) is 28.9 Å². The summed E-state index contributed by atoms with van der Waals surface area (Å²) in [7, 11) is 0. The average Bonchev–Trinajstić information content (AvgIpc) is 2.52. The lowest BCUT2D eigenvalue weighted by molar-refractivity contribution is 0.250. The number of rotatable bonds is 6. The Morgan fingerprint density at radius 3 is 2.46 bits per heavy atom. The number of hydrogen-bond acceptors (Lipinski definition) is 3. The number of anilines is 1. The SMILES string of the molecule is Cc1cc(O)ccc1NC(=O)NCCCOc1c(C)cccc1C. The van der Waals surface area contributed by atoms with E-state index in [2.05, 4.69) is 10.6 Å². The van der Waals surface area contributed by atoms with Crippen LogP contribution in [-0.4, -0.2) is 24.3 Å².